The monoisotopic (exact) mass is 405 g/mol. The molecule has 132 valence electrons. The Morgan fingerprint density at radius 2 is 2.12 bits per heavy atom. The number of hydrogen-bond donors (Lipinski definition) is 1. The zero-order valence-electron chi connectivity index (χ0n) is 13.6. The van der Waals surface area contributed by atoms with Crippen LogP contribution >= 0.6 is 34.5 Å². The van der Waals surface area contributed by atoms with Crippen LogP contribution in [0.15, 0.2) is 42.7 Å². The Bertz CT molecular complexity index is 1060. The van der Waals surface area contributed by atoms with Crippen LogP contribution in [0.1, 0.15) is 5.56 Å². The number of benzene rings is 1. The molecule has 4 aromatic rings. The molecular weight excluding hydrogens is 393 g/mol. The van der Waals surface area contributed by atoms with E-state index in [-0.39, 0.29) is 0 Å². The Hall–Kier alpha value is -2.35. The van der Waals surface area contributed by atoms with Crippen LogP contribution in [0.4, 0.5) is 5.82 Å². The summed E-state index contributed by atoms with van der Waals surface area (Å²) in [6.45, 7) is 0.543. The van der Waals surface area contributed by atoms with Crippen molar-refractivity contribution >= 4 is 50.6 Å². The third kappa shape index (κ3) is 3.33. The topological polar surface area (TPSA) is 64.9 Å². The van der Waals surface area contributed by atoms with Gasteiger partial charge < -0.3 is 10.1 Å². The van der Waals surface area contributed by atoms with Gasteiger partial charge in [0.25, 0.3) is 5.95 Å². The maximum atomic E-state index is 6.20. The highest BCUT2D eigenvalue weighted by Gasteiger charge is 2.13. The van der Waals surface area contributed by atoms with Crippen molar-refractivity contribution in [2.75, 3.05) is 12.4 Å². The molecule has 9 heteroatoms. The van der Waals surface area contributed by atoms with E-state index in [1.54, 1.807) is 24.2 Å². The standard InChI is InChI=1S/C17H13Cl2N5OS/c1-25-13-4-3-10(7-12(13)18)9-20-15-11-8-14(19)26-16(11)23-17(22-15)24-6-2-5-21-24/h2-8H,9H2,1H3,(H,20,22,23). The molecule has 0 saturated carbocycles. The molecule has 0 atom stereocenters. The number of methoxy groups -OCH3 is 1. The average Bonchev–Trinajstić information content (AvgIpc) is 3.28. The van der Waals surface area contributed by atoms with Crippen molar-refractivity contribution in [3.05, 3.63) is 57.6 Å². The van der Waals surface area contributed by atoms with Crippen molar-refractivity contribution in [1.29, 1.82) is 0 Å². The van der Waals surface area contributed by atoms with E-state index in [1.165, 1.54) is 11.3 Å². The fourth-order valence-electron chi connectivity index (χ4n) is 2.51. The van der Waals surface area contributed by atoms with Gasteiger partial charge in [-0.2, -0.15) is 15.1 Å². The molecule has 26 heavy (non-hydrogen) atoms. The number of nitrogens with one attached hydrogen (secondary N) is 1. The van der Waals surface area contributed by atoms with E-state index in [0.29, 0.717) is 33.4 Å². The number of ether oxygens (including phenoxy) is 1. The second-order valence-electron chi connectivity index (χ2n) is 5.41. The quantitative estimate of drug-likeness (QED) is 0.516. The summed E-state index contributed by atoms with van der Waals surface area (Å²) in [7, 11) is 1.59. The summed E-state index contributed by atoms with van der Waals surface area (Å²) in [5.74, 6) is 1.82. The summed E-state index contributed by atoms with van der Waals surface area (Å²) in [6, 6.07) is 9.33. The maximum absolute atomic E-state index is 6.20. The lowest BCUT2D eigenvalue weighted by molar-refractivity contribution is 0.415. The van der Waals surface area contributed by atoms with Crippen LogP contribution in [0.2, 0.25) is 9.36 Å². The van der Waals surface area contributed by atoms with Gasteiger partial charge >= 0.3 is 0 Å². The molecule has 0 saturated heterocycles. The number of thiophene rings is 1. The maximum Gasteiger partial charge on any atom is 0.253 e. The highest BCUT2D eigenvalue weighted by atomic mass is 35.5. The molecule has 3 heterocycles. The number of nitrogens with zero attached hydrogens (tertiary/aromatic N) is 4. The molecule has 0 unspecified atom stereocenters. The fraction of sp³-hybridized carbons (Fsp3) is 0.118. The van der Waals surface area contributed by atoms with E-state index in [2.05, 4.69) is 20.4 Å². The van der Waals surface area contributed by atoms with Gasteiger partial charge in [-0.05, 0) is 29.8 Å². The molecule has 4 rings (SSSR count). The normalized spacial score (nSPS) is 11.0. The van der Waals surface area contributed by atoms with Gasteiger partial charge in [0.15, 0.2) is 0 Å². The Morgan fingerprint density at radius 1 is 1.23 bits per heavy atom. The first-order valence-corrected chi connectivity index (χ1v) is 9.24. The van der Waals surface area contributed by atoms with Gasteiger partial charge in [0.05, 0.1) is 21.9 Å². The van der Waals surface area contributed by atoms with Gasteiger partial charge in [-0.1, -0.05) is 29.3 Å². The number of rotatable bonds is 5. The van der Waals surface area contributed by atoms with Crippen molar-refractivity contribution in [2.45, 2.75) is 6.54 Å². The molecular formula is C17H13Cl2N5OS. The summed E-state index contributed by atoms with van der Waals surface area (Å²) in [4.78, 5) is 9.93. The van der Waals surface area contributed by atoms with E-state index in [9.17, 15) is 0 Å². The molecule has 6 nitrogen and oxygen atoms in total. The highest BCUT2D eigenvalue weighted by Crippen LogP contribution is 2.33. The summed E-state index contributed by atoms with van der Waals surface area (Å²) in [5.41, 5.74) is 1.00. The lowest BCUT2D eigenvalue weighted by Crippen LogP contribution is -2.07. The molecule has 0 spiro atoms. The Labute approximate surface area is 163 Å². The summed E-state index contributed by atoms with van der Waals surface area (Å²) in [5, 5.41) is 8.97. The van der Waals surface area contributed by atoms with Gasteiger partial charge in [0.2, 0.25) is 0 Å². The zero-order valence-corrected chi connectivity index (χ0v) is 15.9. The van der Waals surface area contributed by atoms with Gasteiger partial charge in [-0.25, -0.2) is 4.68 Å². The predicted molar refractivity (Wildman–Crippen MR) is 105 cm³/mol. The smallest absolute Gasteiger partial charge is 0.253 e. The van der Waals surface area contributed by atoms with E-state index in [0.717, 1.165) is 15.8 Å². The minimum absolute atomic E-state index is 0.483. The Kier molecular flexibility index (Phi) is 4.67. The van der Waals surface area contributed by atoms with Crippen LogP contribution in [-0.4, -0.2) is 26.9 Å². The molecule has 3 aromatic heterocycles. The van der Waals surface area contributed by atoms with Crippen molar-refractivity contribution in [1.82, 2.24) is 19.7 Å². The summed E-state index contributed by atoms with van der Waals surface area (Å²) >= 11 is 13.8. The number of aromatic nitrogens is 4. The average molecular weight is 406 g/mol. The van der Waals surface area contributed by atoms with Crippen LogP contribution in [0, 0.1) is 0 Å². The van der Waals surface area contributed by atoms with Crippen LogP contribution in [0.5, 0.6) is 5.75 Å². The van der Waals surface area contributed by atoms with Crippen molar-refractivity contribution in [3.8, 4) is 11.7 Å². The Morgan fingerprint density at radius 3 is 2.85 bits per heavy atom. The van der Waals surface area contributed by atoms with Crippen LogP contribution in [0.3, 0.4) is 0 Å². The molecule has 0 aliphatic carbocycles. The molecule has 1 aromatic carbocycles. The second kappa shape index (κ2) is 7.11. The first-order chi connectivity index (χ1) is 12.6. The Balaban J connectivity index is 1.67. The van der Waals surface area contributed by atoms with Gasteiger partial charge in [0, 0.05) is 18.9 Å². The lowest BCUT2D eigenvalue weighted by Gasteiger charge is -2.10. The van der Waals surface area contributed by atoms with Crippen molar-refractivity contribution in [3.63, 3.8) is 0 Å². The zero-order chi connectivity index (χ0) is 18.1. The first-order valence-electron chi connectivity index (χ1n) is 7.67. The van der Waals surface area contributed by atoms with Gasteiger partial charge in [-0.15, -0.1) is 11.3 Å². The first kappa shape index (κ1) is 17.1. The van der Waals surface area contributed by atoms with Crippen LogP contribution in [-0.2, 0) is 6.54 Å². The van der Waals surface area contributed by atoms with E-state index in [4.69, 9.17) is 27.9 Å². The molecule has 0 aliphatic heterocycles. The van der Waals surface area contributed by atoms with Gasteiger partial charge in [-0.3, -0.25) is 0 Å². The molecule has 1 N–H and O–H groups in total. The molecule has 0 amide bonds. The van der Waals surface area contributed by atoms with Crippen LogP contribution in [0.25, 0.3) is 16.2 Å². The van der Waals surface area contributed by atoms with Crippen molar-refractivity contribution in [2.24, 2.45) is 0 Å². The summed E-state index contributed by atoms with van der Waals surface area (Å²) in [6.07, 6.45) is 3.48. The number of halogens is 2. The minimum Gasteiger partial charge on any atom is -0.495 e. The number of anilines is 1. The number of hydrogen-bond acceptors (Lipinski definition) is 6. The molecule has 0 radical (unpaired) electrons. The summed E-state index contributed by atoms with van der Waals surface area (Å²) < 4.78 is 7.45. The third-order valence-corrected chi connectivity index (χ3v) is 5.19. The van der Waals surface area contributed by atoms with Crippen molar-refractivity contribution < 1.29 is 4.74 Å². The second-order valence-corrected chi connectivity index (χ2v) is 7.48. The SMILES string of the molecule is COc1ccc(CNc2nc(-n3cccn3)nc3sc(Cl)cc23)cc1Cl. The molecule has 0 fully saturated rings. The number of fused-ring (bicyclic) bond motifs is 1. The van der Waals surface area contributed by atoms with E-state index >= 15 is 0 Å². The largest absolute Gasteiger partial charge is 0.495 e. The third-order valence-electron chi connectivity index (χ3n) is 3.74. The fourth-order valence-corrected chi connectivity index (χ4v) is 3.87. The predicted octanol–water partition coefficient (Wildman–Crippen LogP) is 4.80. The highest BCUT2D eigenvalue weighted by molar-refractivity contribution is 7.22. The molecule has 0 aliphatic rings. The van der Waals surface area contributed by atoms with Crippen LogP contribution < -0.4 is 10.1 Å². The van der Waals surface area contributed by atoms with E-state index in [1.807, 2.05) is 30.3 Å². The lowest BCUT2D eigenvalue weighted by atomic mass is 10.2. The molecule has 0 bridgehead atoms. The van der Waals surface area contributed by atoms with E-state index < -0.39 is 0 Å². The van der Waals surface area contributed by atoms with Gasteiger partial charge in [0.1, 0.15) is 16.4 Å². The minimum atomic E-state index is 0.483.